The van der Waals surface area contributed by atoms with Gasteiger partial charge in [-0.3, -0.25) is 9.59 Å². The molecule has 0 radical (unpaired) electrons. The van der Waals surface area contributed by atoms with E-state index < -0.39 is 0 Å². The Morgan fingerprint density at radius 2 is 0.943 bits per heavy atom. The van der Waals surface area contributed by atoms with Crippen LogP contribution in [0.5, 0.6) is 23.0 Å². The third-order valence-corrected chi connectivity index (χ3v) is 6.96. The first-order valence-corrected chi connectivity index (χ1v) is 12.0. The van der Waals surface area contributed by atoms with Crippen LogP contribution in [0.15, 0.2) is 24.3 Å². The number of nitrogens with zero attached hydrogens (tertiary/aromatic N) is 2. The van der Waals surface area contributed by atoms with Crippen molar-refractivity contribution >= 4 is 11.8 Å². The molecule has 8 heteroatoms. The number of methoxy groups -OCH3 is 4. The maximum absolute atomic E-state index is 13.0. The third-order valence-electron chi connectivity index (χ3n) is 6.96. The molecule has 35 heavy (non-hydrogen) atoms. The lowest BCUT2D eigenvalue weighted by atomic mass is 10.0. The van der Waals surface area contributed by atoms with Gasteiger partial charge in [0.2, 0.25) is 11.8 Å². The van der Waals surface area contributed by atoms with Gasteiger partial charge in [-0.15, -0.1) is 0 Å². The predicted octanol–water partition coefficient (Wildman–Crippen LogP) is 2.67. The van der Waals surface area contributed by atoms with Crippen LogP contribution in [0, 0.1) is 0 Å². The second-order valence-electron chi connectivity index (χ2n) is 8.92. The van der Waals surface area contributed by atoms with Crippen LogP contribution in [0.25, 0.3) is 0 Å². The molecule has 0 N–H and O–H groups in total. The number of carbonyl (C=O) groups is 2. The highest BCUT2D eigenvalue weighted by Crippen LogP contribution is 2.33. The molecule has 8 nitrogen and oxygen atoms in total. The second-order valence-corrected chi connectivity index (χ2v) is 8.92. The highest BCUT2D eigenvalue weighted by molar-refractivity contribution is 5.81. The van der Waals surface area contributed by atoms with Gasteiger partial charge in [-0.25, -0.2) is 0 Å². The lowest BCUT2D eigenvalue weighted by Crippen LogP contribution is -2.37. The summed E-state index contributed by atoms with van der Waals surface area (Å²) in [5.41, 5.74) is 4.21. The first-order chi connectivity index (χ1) is 17.0. The summed E-state index contributed by atoms with van der Waals surface area (Å²) in [5, 5.41) is 0. The van der Waals surface area contributed by atoms with E-state index >= 15 is 0 Å². The van der Waals surface area contributed by atoms with Crippen LogP contribution in [0.3, 0.4) is 0 Å². The van der Waals surface area contributed by atoms with Gasteiger partial charge in [0.1, 0.15) is 0 Å². The Kier molecular flexibility index (Phi) is 7.68. The van der Waals surface area contributed by atoms with Crippen molar-refractivity contribution in [2.45, 2.75) is 32.1 Å². The molecule has 0 aliphatic carbocycles. The molecule has 0 bridgehead atoms. The lowest BCUT2D eigenvalue weighted by Gasteiger charge is -2.24. The first kappa shape index (κ1) is 24.7. The van der Waals surface area contributed by atoms with E-state index in [1.807, 2.05) is 34.1 Å². The number of hydrogen-bond donors (Lipinski definition) is 0. The van der Waals surface area contributed by atoms with Crippen molar-refractivity contribution in [2.75, 3.05) is 54.6 Å². The minimum atomic E-state index is 0.102. The number of benzene rings is 2. The summed E-state index contributed by atoms with van der Waals surface area (Å²) in [6, 6.07) is 7.77. The standard InChI is InChI=1S/C27H34N2O6/c1-32-22-12-18-6-10-28(26(30)16-20(18)14-24(22)34-3)8-5-9-29-11-7-19-13-23(33-2)25(35-4)15-21(19)17-27(29)31/h12-15H,5-11,16-17H2,1-4H3. The zero-order chi connectivity index (χ0) is 24.9. The number of carbonyl (C=O) groups excluding carboxylic acids is 2. The van der Waals surface area contributed by atoms with E-state index in [4.69, 9.17) is 18.9 Å². The van der Waals surface area contributed by atoms with Gasteiger partial charge in [0.25, 0.3) is 0 Å². The molecule has 0 aromatic heterocycles. The van der Waals surface area contributed by atoms with Crippen LogP contribution in [-0.2, 0) is 35.3 Å². The molecule has 0 saturated heterocycles. The Morgan fingerprint density at radius 3 is 1.29 bits per heavy atom. The van der Waals surface area contributed by atoms with Crippen molar-refractivity contribution in [3.05, 3.63) is 46.5 Å². The highest BCUT2D eigenvalue weighted by atomic mass is 16.5. The molecule has 2 heterocycles. The molecule has 0 unspecified atom stereocenters. The molecular formula is C27H34N2O6. The smallest absolute Gasteiger partial charge is 0.227 e. The molecule has 4 rings (SSSR count). The van der Waals surface area contributed by atoms with E-state index in [2.05, 4.69) is 0 Å². The summed E-state index contributed by atoms with van der Waals surface area (Å²) >= 11 is 0. The van der Waals surface area contributed by atoms with Crippen molar-refractivity contribution in [1.29, 1.82) is 0 Å². The van der Waals surface area contributed by atoms with E-state index in [1.54, 1.807) is 28.4 Å². The van der Waals surface area contributed by atoms with Crippen LogP contribution in [0.1, 0.15) is 28.7 Å². The lowest BCUT2D eigenvalue weighted by molar-refractivity contribution is -0.130. The third kappa shape index (κ3) is 5.31. The normalized spacial score (nSPS) is 15.7. The van der Waals surface area contributed by atoms with E-state index in [0.717, 1.165) is 41.5 Å². The SMILES string of the molecule is COc1cc2c(cc1OC)CC(=O)N(CCCN1CCc3cc(OC)c(OC)cc3CC1=O)CC2. The van der Waals surface area contributed by atoms with Crippen molar-refractivity contribution in [3.8, 4) is 23.0 Å². The topological polar surface area (TPSA) is 77.5 Å². The Morgan fingerprint density at radius 1 is 0.600 bits per heavy atom. The average Bonchev–Trinajstić information content (AvgIpc) is 3.12. The molecule has 2 aromatic rings. The Bertz CT molecular complexity index is 1010. The summed E-state index contributed by atoms with van der Waals surface area (Å²) in [4.78, 5) is 29.7. The maximum Gasteiger partial charge on any atom is 0.227 e. The molecule has 2 amide bonds. The summed E-state index contributed by atoms with van der Waals surface area (Å²) in [6.45, 7) is 2.56. The minimum absolute atomic E-state index is 0.102. The Labute approximate surface area is 206 Å². The van der Waals surface area contributed by atoms with Gasteiger partial charge in [0.05, 0.1) is 41.3 Å². The Hall–Kier alpha value is -3.42. The van der Waals surface area contributed by atoms with Gasteiger partial charge in [0.15, 0.2) is 23.0 Å². The van der Waals surface area contributed by atoms with E-state index in [0.29, 0.717) is 62.0 Å². The summed E-state index contributed by atoms with van der Waals surface area (Å²) in [5.74, 6) is 2.85. The van der Waals surface area contributed by atoms with Crippen LogP contribution < -0.4 is 18.9 Å². The fourth-order valence-corrected chi connectivity index (χ4v) is 4.96. The number of ether oxygens (including phenoxy) is 4. The summed E-state index contributed by atoms with van der Waals surface area (Å²) < 4.78 is 21.7. The molecule has 0 atom stereocenters. The molecule has 0 spiro atoms. The number of hydrogen-bond acceptors (Lipinski definition) is 6. The fourth-order valence-electron chi connectivity index (χ4n) is 4.96. The second kappa shape index (κ2) is 10.9. The van der Waals surface area contributed by atoms with E-state index in [9.17, 15) is 9.59 Å². The van der Waals surface area contributed by atoms with Crippen molar-refractivity contribution in [1.82, 2.24) is 9.80 Å². The van der Waals surface area contributed by atoms with Gasteiger partial charge < -0.3 is 28.7 Å². The highest BCUT2D eigenvalue weighted by Gasteiger charge is 2.25. The molecule has 2 aliphatic rings. The molecule has 2 aliphatic heterocycles. The molecule has 0 fully saturated rings. The van der Waals surface area contributed by atoms with Gasteiger partial charge in [-0.05, 0) is 65.8 Å². The average molecular weight is 483 g/mol. The van der Waals surface area contributed by atoms with Crippen molar-refractivity contribution in [3.63, 3.8) is 0 Å². The zero-order valence-electron chi connectivity index (χ0n) is 21.0. The van der Waals surface area contributed by atoms with Gasteiger partial charge in [-0.1, -0.05) is 0 Å². The molecular weight excluding hydrogens is 448 g/mol. The van der Waals surface area contributed by atoms with Crippen molar-refractivity contribution < 1.29 is 28.5 Å². The van der Waals surface area contributed by atoms with E-state index in [1.165, 1.54) is 0 Å². The fraction of sp³-hybridized carbons (Fsp3) is 0.481. The summed E-state index contributed by atoms with van der Waals surface area (Å²) in [7, 11) is 6.44. The maximum atomic E-state index is 13.0. The quantitative estimate of drug-likeness (QED) is 0.576. The number of fused-ring (bicyclic) bond motifs is 2. The van der Waals surface area contributed by atoms with E-state index in [-0.39, 0.29) is 11.8 Å². The largest absolute Gasteiger partial charge is 0.493 e. The van der Waals surface area contributed by atoms with Gasteiger partial charge in [0, 0.05) is 26.2 Å². The first-order valence-electron chi connectivity index (χ1n) is 12.0. The molecule has 2 aromatic carbocycles. The minimum Gasteiger partial charge on any atom is -0.493 e. The summed E-state index contributed by atoms with van der Waals surface area (Å²) in [6.07, 6.45) is 2.96. The molecule has 188 valence electrons. The van der Waals surface area contributed by atoms with Crippen LogP contribution in [-0.4, -0.2) is 76.2 Å². The van der Waals surface area contributed by atoms with Crippen LogP contribution in [0.4, 0.5) is 0 Å². The van der Waals surface area contributed by atoms with Crippen LogP contribution >= 0.6 is 0 Å². The van der Waals surface area contributed by atoms with Crippen LogP contribution in [0.2, 0.25) is 0 Å². The number of rotatable bonds is 8. The van der Waals surface area contributed by atoms with Gasteiger partial charge >= 0.3 is 0 Å². The van der Waals surface area contributed by atoms with Crippen molar-refractivity contribution in [2.24, 2.45) is 0 Å². The molecule has 0 saturated carbocycles. The Balaban J connectivity index is 1.35. The predicted molar refractivity (Wildman–Crippen MR) is 132 cm³/mol. The van der Waals surface area contributed by atoms with Gasteiger partial charge in [-0.2, -0.15) is 0 Å². The number of amides is 2. The zero-order valence-corrected chi connectivity index (χ0v) is 21.0. The monoisotopic (exact) mass is 482 g/mol.